The molecule has 0 unspecified atom stereocenters. The first-order valence-electron chi connectivity index (χ1n) is 10.6. The summed E-state index contributed by atoms with van der Waals surface area (Å²) in [5.41, 5.74) is 2.84. The maximum atomic E-state index is 12.4. The first-order chi connectivity index (χ1) is 14.6. The fourth-order valence-corrected chi connectivity index (χ4v) is 4.35. The number of hydrogen-bond acceptors (Lipinski definition) is 3. The zero-order valence-corrected chi connectivity index (χ0v) is 17.8. The van der Waals surface area contributed by atoms with Crippen LogP contribution < -0.4 is 20.0 Å². The first kappa shape index (κ1) is 20.7. The van der Waals surface area contributed by atoms with Crippen LogP contribution in [0.3, 0.4) is 0 Å². The highest BCUT2D eigenvalue weighted by Crippen LogP contribution is 2.23. The second kappa shape index (κ2) is 9.49. The molecule has 0 atom stereocenters. The fraction of sp³-hybridized carbons (Fsp3) is 0.391. The van der Waals surface area contributed by atoms with Crippen LogP contribution in [-0.2, 0) is 9.59 Å². The van der Waals surface area contributed by atoms with E-state index in [2.05, 4.69) is 16.3 Å². The Hall–Kier alpha value is -2.57. The van der Waals surface area contributed by atoms with Gasteiger partial charge in [0, 0.05) is 35.1 Å². The number of hydrogen-bond donors (Lipinski definition) is 2. The molecule has 158 valence electrons. The van der Waals surface area contributed by atoms with Gasteiger partial charge >= 0.3 is 0 Å². The number of rotatable bonds is 6. The van der Waals surface area contributed by atoms with Crippen molar-refractivity contribution in [3.63, 3.8) is 0 Å². The number of piperazine rings is 1. The molecular weight excluding hydrogens is 400 g/mol. The molecule has 6 nitrogen and oxygen atoms in total. The van der Waals surface area contributed by atoms with Crippen molar-refractivity contribution in [2.24, 2.45) is 0 Å². The minimum atomic E-state index is 0.0322. The second-order valence-electron chi connectivity index (χ2n) is 7.96. The van der Waals surface area contributed by atoms with Gasteiger partial charge in [0.15, 0.2) is 0 Å². The third-order valence-corrected chi connectivity index (χ3v) is 6.12. The van der Waals surface area contributed by atoms with Crippen molar-refractivity contribution >= 4 is 40.5 Å². The lowest BCUT2D eigenvalue weighted by atomic mass is 10.2. The molecule has 2 aromatic carbocycles. The maximum absolute atomic E-state index is 12.4. The predicted octanol–water partition coefficient (Wildman–Crippen LogP) is 2.20. The van der Waals surface area contributed by atoms with Crippen molar-refractivity contribution in [3.8, 4) is 0 Å². The summed E-state index contributed by atoms with van der Waals surface area (Å²) in [6, 6.07) is 15.5. The number of nitrogens with zero attached hydrogens (tertiary/aromatic N) is 2. The van der Waals surface area contributed by atoms with Crippen molar-refractivity contribution in [3.05, 3.63) is 53.6 Å². The van der Waals surface area contributed by atoms with Crippen LogP contribution in [0.5, 0.6) is 0 Å². The molecule has 2 fully saturated rings. The number of carbonyl (C=O) groups is 2. The van der Waals surface area contributed by atoms with Crippen molar-refractivity contribution < 1.29 is 14.5 Å². The van der Waals surface area contributed by atoms with E-state index >= 15 is 0 Å². The van der Waals surface area contributed by atoms with Gasteiger partial charge in [-0.15, -0.1) is 0 Å². The predicted molar refractivity (Wildman–Crippen MR) is 121 cm³/mol. The molecule has 2 aliphatic rings. The monoisotopic (exact) mass is 427 g/mol. The summed E-state index contributed by atoms with van der Waals surface area (Å²) in [5, 5.41) is 3.73. The molecule has 0 spiro atoms. The molecule has 2 N–H and O–H groups in total. The van der Waals surface area contributed by atoms with E-state index in [9.17, 15) is 9.59 Å². The van der Waals surface area contributed by atoms with Gasteiger partial charge in [-0.1, -0.05) is 17.7 Å². The van der Waals surface area contributed by atoms with E-state index in [4.69, 9.17) is 11.6 Å². The summed E-state index contributed by atoms with van der Waals surface area (Å²) in [4.78, 5) is 29.8. The molecule has 30 heavy (non-hydrogen) atoms. The molecule has 2 aliphatic heterocycles. The van der Waals surface area contributed by atoms with Crippen LogP contribution in [0.25, 0.3) is 0 Å². The Morgan fingerprint density at radius 2 is 1.80 bits per heavy atom. The van der Waals surface area contributed by atoms with Gasteiger partial charge in [0.1, 0.15) is 0 Å². The Morgan fingerprint density at radius 3 is 2.47 bits per heavy atom. The number of benzene rings is 2. The molecular formula is C23H28ClN4O2+. The van der Waals surface area contributed by atoms with Gasteiger partial charge in [0.2, 0.25) is 11.8 Å². The lowest BCUT2D eigenvalue weighted by molar-refractivity contribution is -0.900. The van der Waals surface area contributed by atoms with Crippen LogP contribution in [0.2, 0.25) is 5.02 Å². The number of anilines is 3. The van der Waals surface area contributed by atoms with Gasteiger partial charge in [-0.05, 0) is 48.9 Å². The quantitative estimate of drug-likeness (QED) is 0.743. The Morgan fingerprint density at radius 1 is 1.03 bits per heavy atom. The van der Waals surface area contributed by atoms with Crippen LogP contribution in [0, 0.1) is 0 Å². The lowest BCUT2D eigenvalue weighted by Crippen LogP contribution is -3.15. The van der Waals surface area contributed by atoms with Gasteiger partial charge in [0.25, 0.3) is 0 Å². The zero-order chi connectivity index (χ0) is 20.9. The van der Waals surface area contributed by atoms with Crippen molar-refractivity contribution in [1.29, 1.82) is 0 Å². The highest BCUT2D eigenvalue weighted by Gasteiger charge is 2.22. The normalized spacial score (nSPS) is 17.4. The Bertz CT molecular complexity index is 894. The number of amides is 2. The molecule has 0 radical (unpaired) electrons. The average Bonchev–Trinajstić information content (AvgIpc) is 3.19. The van der Waals surface area contributed by atoms with Crippen LogP contribution >= 0.6 is 11.6 Å². The van der Waals surface area contributed by atoms with Crippen molar-refractivity contribution in [2.75, 3.05) is 54.4 Å². The highest BCUT2D eigenvalue weighted by molar-refractivity contribution is 6.30. The van der Waals surface area contributed by atoms with Gasteiger partial charge in [0.05, 0.1) is 39.1 Å². The molecule has 0 bridgehead atoms. The van der Waals surface area contributed by atoms with E-state index in [1.165, 1.54) is 10.6 Å². The van der Waals surface area contributed by atoms with E-state index in [0.717, 1.165) is 62.1 Å². The Balaban J connectivity index is 1.20. The maximum Gasteiger partial charge on any atom is 0.230 e. The van der Waals surface area contributed by atoms with E-state index in [0.29, 0.717) is 12.8 Å². The highest BCUT2D eigenvalue weighted by atomic mass is 35.5. The van der Waals surface area contributed by atoms with E-state index < -0.39 is 0 Å². The van der Waals surface area contributed by atoms with E-state index in [1.807, 2.05) is 42.5 Å². The molecule has 2 amide bonds. The van der Waals surface area contributed by atoms with Gasteiger partial charge in [-0.3, -0.25) is 9.59 Å². The molecule has 4 rings (SSSR count). The van der Waals surface area contributed by atoms with E-state index in [-0.39, 0.29) is 11.8 Å². The Kier molecular flexibility index (Phi) is 6.55. The summed E-state index contributed by atoms with van der Waals surface area (Å²) in [5.74, 6) is 0.204. The van der Waals surface area contributed by atoms with Gasteiger partial charge in [-0.25, -0.2) is 0 Å². The summed E-state index contributed by atoms with van der Waals surface area (Å²) in [6.07, 6.45) is 2.03. The van der Waals surface area contributed by atoms with Crippen LogP contribution in [0.1, 0.15) is 19.3 Å². The third kappa shape index (κ3) is 5.12. The lowest BCUT2D eigenvalue weighted by Gasteiger charge is -2.33. The molecule has 2 heterocycles. The van der Waals surface area contributed by atoms with Crippen LogP contribution in [0.4, 0.5) is 17.1 Å². The molecule has 0 aliphatic carbocycles. The SMILES string of the molecule is O=C(CC[NH+]1CCN(c2cccc(Cl)c2)CC1)Nc1ccc(N2CCCC2=O)cc1. The largest absolute Gasteiger partial charge is 0.360 e. The number of nitrogens with one attached hydrogen (secondary N) is 2. The minimum absolute atomic E-state index is 0.0322. The van der Waals surface area contributed by atoms with Gasteiger partial charge in [-0.2, -0.15) is 0 Å². The van der Waals surface area contributed by atoms with Crippen LogP contribution in [-0.4, -0.2) is 51.1 Å². The average molecular weight is 428 g/mol. The van der Waals surface area contributed by atoms with Crippen molar-refractivity contribution in [1.82, 2.24) is 0 Å². The summed E-state index contributed by atoms with van der Waals surface area (Å²) >= 11 is 6.10. The molecule has 7 heteroatoms. The topological polar surface area (TPSA) is 57.1 Å². The first-order valence-corrected chi connectivity index (χ1v) is 11.0. The van der Waals surface area contributed by atoms with Crippen molar-refractivity contribution in [2.45, 2.75) is 19.3 Å². The third-order valence-electron chi connectivity index (χ3n) is 5.89. The Labute approximate surface area is 182 Å². The fourth-order valence-electron chi connectivity index (χ4n) is 4.16. The smallest absolute Gasteiger partial charge is 0.230 e. The van der Waals surface area contributed by atoms with E-state index in [1.54, 1.807) is 4.90 Å². The number of carbonyl (C=O) groups excluding carboxylic acids is 2. The molecule has 0 saturated carbocycles. The molecule has 2 aromatic rings. The van der Waals surface area contributed by atoms with Crippen LogP contribution in [0.15, 0.2) is 48.5 Å². The number of halogens is 1. The second-order valence-corrected chi connectivity index (χ2v) is 8.40. The standard InChI is InChI=1S/C23H27ClN4O2/c24-18-3-1-4-21(17-18)27-15-13-26(14-16-27)12-10-22(29)25-19-6-8-20(9-7-19)28-11-2-5-23(28)30/h1,3-4,6-9,17H,2,5,10-16H2,(H,25,29)/p+1. The summed E-state index contributed by atoms with van der Waals surface area (Å²) < 4.78 is 0. The molecule has 0 aromatic heterocycles. The minimum Gasteiger partial charge on any atom is -0.360 e. The zero-order valence-electron chi connectivity index (χ0n) is 17.1. The van der Waals surface area contributed by atoms with Gasteiger partial charge < -0.3 is 20.0 Å². The number of quaternary nitrogens is 1. The summed E-state index contributed by atoms with van der Waals surface area (Å²) in [6.45, 7) is 5.56. The molecule has 2 saturated heterocycles. The summed E-state index contributed by atoms with van der Waals surface area (Å²) in [7, 11) is 0.